The summed E-state index contributed by atoms with van der Waals surface area (Å²) in [6.07, 6.45) is 4.99. The molecule has 2 rings (SSSR count). The smallest absolute Gasteiger partial charge is 0.331 e. The number of rotatable bonds is 6. The first kappa shape index (κ1) is 18.8. The summed E-state index contributed by atoms with van der Waals surface area (Å²) in [6, 6.07) is 5.28. The number of benzene rings is 1. The number of piperidine rings is 1. The average molecular weight is 347 g/mol. The van der Waals surface area contributed by atoms with Crippen LogP contribution in [-0.4, -0.2) is 50.7 Å². The van der Waals surface area contributed by atoms with Gasteiger partial charge < -0.3 is 19.1 Å². The van der Waals surface area contributed by atoms with Gasteiger partial charge in [-0.1, -0.05) is 6.92 Å². The molecule has 0 N–H and O–H groups in total. The van der Waals surface area contributed by atoms with E-state index in [4.69, 9.17) is 14.2 Å². The summed E-state index contributed by atoms with van der Waals surface area (Å²) in [4.78, 5) is 25.7. The van der Waals surface area contributed by atoms with E-state index in [1.807, 2.05) is 0 Å². The van der Waals surface area contributed by atoms with Crippen LogP contribution in [0, 0.1) is 5.92 Å². The summed E-state index contributed by atoms with van der Waals surface area (Å²) in [7, 11) is 3.12. The summed E-state index contributed by atoms with van der Waals surface area (Å²) in [6.45, 7) is 3.35. The van der Waals surface area contributed by atoms with Crippen LogP contribution in [0.1, 0.15) is 25.3 Å². The molecule has 1 aliphatic rings. The maximum atomic E-state index is 12.1. The molecule has 0 aliphatic carbocycles. The fourth-order valence-corrected chi connectivity index (χ4v) is 2.82. The first-order valence-electron chi connectivity index (χ1n) is 8.38. The van der Waals surface area contributed by atoms with Gasteiger partial charge in [0, 0.05) is 24.7 Å². The van der Waals surface area contributed by atoms with Gasteiger partial charge >= 0.3 is 5.97 Å². The largest absolute Gasteiger partial charge is 0.497 e. The van der Waals surface area contributed by atoms with Crippen molar-refractivity contribution >= 4 is 18.0 Å². The van der Waals surface area contributed by atoms with E-state index < -0.39 is 5.97 Å². The molecule has 0 aromatic heterocycles. The summed E-state index contributed by atoms with van der Waals surface area (Å²) in [5.74, 6) is 1.05. The van der Waals surface area contributed by atoms with Crippen molar-refractivity contribution in [3.8, 4) is 11.5 Å². The molecular formula is C19H25NO5. The highest BCUT2D eigenvalue weighted by molar-refractivity contribution is 5.89. The third-order valence-electron chi connectivity index (χ3n) is 4.18. The lowest BCUT2D eigenvalue weighted by molar-refractivity contribution is -0.149. The van der Waals surface area contributed by atoms with E-state index in [1.54, 1.807) is 43.4 Å². The van der Waals surface area contributed by atoms with Gasteiger partial charge in [0.2, 0.25) is 0 Å². The quantitative estimate of drug-likeness (QED) is 0.584. The zero-order chi connectivity index (χ0) is 18.2. The maximum Gasteiger partial charge on any atom is 0.331 e. The normalized spacial score (nSPS) is 17.4. The van der Waals surface area contributed by atoms with E-state index in [0.29, 0.717) is 23.0 Å². The van der Waals surface area contributed by atoms with Gasteiger partial charge in [0.1, 0.15) is 11.5 Å². The van der Waals surface area contributed by atoms with E-state index in [-0.39, 0.29) is 12.5 Å². The van der Waals surface area contributed by atoms with Crippen LogP contribution in [0.3, 0.4) is 0 Å². The first-order valence-corrected chi connectivity index (χ1v) is 8.38. The van der Waals surface area contributed by atoms with Crippen molar-refractivity contribution in [2.45, 2.75) is 19.8 Å². The van der Waals surface area contributed by atoms with Crippen LogP contribution in [0.4, 0.5) is 0 Å². The van der Waals surface area contributed by atoms with Gasteiger partial charge in [0.15, 0.2) is 6.61 Å². The SMILES string of the molecule is COc1ccc(OC)c(/C=C/C(=O)OCC(=O)N2CCC[C@@H](C)C2)c1. The maximum absolute atomic E-state index is 12.1. The highest BCUT2D eigenvalue weighted by Crippen LogP contribution is 2.25. The number of amides is 1. The Labute approximate surface area is 148 Å². The minimum atomic E-state index is -0.566. The van der Waals surface area contributed by atoms with Gasteiger partial charge in [-0.25, -0.2) is 4.79 Å². The third kappa shape index (κ3) is 5.52. The second kappa shape index (κ2) is 9.11. The van der Waals surface area contributed by atoms with Crippen LogP contribution in [-0.2, 0) is 14.3 Å². The van der Waals surface area contributed by atoms with Crippen LogP contribution in [0.25, 0.3) is 6.08 Å². The van der Waals surface area contributed by atoms with Crippen molar-refractivity contribution in [3.63, 3.8) is 0 Å². The molecule has 0 radical (unpaired) electrons. The van der Waals surface area contributed by atoms with Crippen LogP contribution >= 0.6 is 0 Å². The number of likely N-dealkylation sites (tertiary alicyclic amines) is 1. The Morgan fingerprint density at radius 1 is 1.28 bits per heavy atom. The van der Waals surface area contributed by atoms with Gasteiger partial charge in [-0.05, 0) is 43.0 Å². The van der Waals surface area contributed by atoms with Crippen molar-refractivity contribution in [1.29, 1.82) is 0 Å². The van der Waals surface area contributed by atoms with Gasteiger partial charge in [0.25, 0.3) is 5.91 Å². The summed E-state index contributed by atoms with van der Waals surface area (Å²) >= 11 is 0. The van der Waals surface area contributed by atoms with Crippen molar-refractivity contribution in [1.82, 2.24) is 4.90 Å². The third-order valence-corrected chi connectivity index (χ3v) is 4.18. The van der Waals surface area contributed by atoms with Crippen molar-refractivity contribution in [2.75, 3.05) is 33.9 Å². The fourth-order valence-electron chi connectivity index (χ4n) is 2.82. The van der Waals surface area contributed by atoms with Crippen LogP contribution in [0.15, 0.2) is 24.3 Å². The summed E-state index contributed by atoms with van der Waals surface area (Å²) in [5.41, 5.74) is 0.690. The molecule has 0 bridgehead atoms. The van der Waals surface area contributed by atoms with Gasteiger partial charge in [-0.2, -0.15) is 0 Å². The van der Waals surface area contributed by atoms with Crippen molar-refractivity contribution < 1.29 is 23.8 Å². The highest BCUT2D eigenvalue weighted by Gasteiger charge is 2.21. The minimum absolute atomic E-state index is 0.146. The first-order chi connectivity index (χ1) is 12.0. The van der Waals surface area contributed by atoms with E-state index >= 15 is 0 Å². The fraction of sp³-hybridized carbons (Fsp3) is 0.474. The topological polar surface area (TPSA) is 65.1 Å². The van der Waals surface area contributed by atoms with Crippen LogP contribution in [0.2, 0.25) is 0 Å². The molecular weight excluding hydrogens is 322 g/mol. The minimum Gasteiger partial charge on any atom is -0.497 e. The molecule has 136 valence electrons. The lowest BCUT2D eigenvalue weighted by Crippen LogP contribution is -2.41. The molecule has 1 aromatic carbocycles. The molecule has 1 aromatic rings. The number of ether oxygens (including phenoxy) is 3. The van der Waals surface area contributed by atoms with Crippen LogP contribution in [0.5, 0.6) is 11.5 Å². The molecule has 1 atom stereocenters. The van der Waals surface area contributed by atoms with E-state index in [9.17, 15) is 9.59 Å². The Bertz CT molecular complexity index is 641. The standard InChI is InChI=1S/C19H25NO5/c1-14-5-4-10-20(12-14)18(21)13-25-19(22)9-6-15-11-16(23-2)7-8-17(15)24-3/h6-9,11,14H,4-5,10,12-13H2,1-3H3/b9-6+/t14-/m1/s1. The monoisotopic (exact) mass is 347 g/mol. The molecule has 1 aliphatic heterocycles. The molecule has 0 unspecified atom stereocenters. The molecule has 0 saturated carbocycles. The number of carbonyl (C=O) groups is 2. The highest BCUT2D eigenvalue weighted by atomic mass is 16.5. The molecule has 0 spiro atoms. The Kier molecular flexibility index (Phi) is 6.86. The number of nitrogens with zero attached hydrogens (tertiary/aromatic N) is 1. The average Bonchev–Trinajstić information content (AvgIpc) is 2.64. The molecule has 25 heavy (non-hydrogen) atoms. The number of carbonyl (C=O) groups excluding carboxylic acids is 2. The van der Waals surface area contributed by atoms with Crippen LogP contribution < -0.4 is 9.47 Å². The van der Waals surface area contributed by atoms with Crippen molar-refractivity contribution in [2.24, 2.45) is 5.92 Å². The zero-order valence-electron chi connectivity index (χ0n) is 15.0. The number of methoxy groups -OCH3 is 2. The summed E-state index contributed by atoms with van der Waals surface area (Å²) < 4.78 is 15.5. The Balaban J connectivity index is 1.89. The Morgan fingerprint density at radius 2 is 2.08 bits per heavy atom. The second-order valence-electron chi connectivity index (χ2n) is 6.14. The molecule has 1 fully saturated rings. The predicted octanol–water partition coefficient (Wildman–Crippen LogP) is 2.52. The lowest BCUT2D eigenvalue weighted by atomic mass is 10.0. The Morgan fingerprint density at radius 3 is 2.76 bits per heavy atom. The van der Waals surface area contributed by atoms with Crippen molar-refractivity contribution in [3.05, 3.63) is 29.8 Å². The van der Waals surface area contributed by atoms with Gasteiger partial charge in [-0.15, -0.1) is 0 Å². The van der Waals surface area contributed by atoms with E-state index in [2.05, 4.69) is 6.92 Å². The molecule has 6 nitrogen and oxygen atoms in total. The predicted molar refractivity (Wildman–Crippen MR) is 94.5 cm³/mol. The Hall–Kier alpha value is -2.50. The number of esters is 1. The second-order valence-corrected chi connectivity index (χ2v) is 6.14. The van der Waals surface area contributed by atoms with Gasteiger partial charge in [-0.3, -0.25) is 4.79 Å². The molecule has 6 heteroatoms. The lowest BCUT2D eigenvalue weighted by Gasteiger charge is -2.30. The van der Waals surface area contributed by atoms with E-state index in [1.165, 1.54) is 6.08 Å². The van der Waals surface area contributed by atoms with Gasteiger partial charge in [0.05, 0.1) is 14.2 Å². The summed E-state index contributed by atoms with van der Waals surface area (Å²) in [5, 5.41) is 0. The molecule has 1 heterocycles. The number of hydrogen-bond donors (Lipinski definition) is 0. The molecule has 1 saturated heterocycles. The van der Waals surface area contributed by atoms with E-state index in [0.717, 1.165) is 25.9 Å². The molecule has 1 amide bonds. The zero-order valence-corrected chi connectivity index (χ0v) is 15.0. The number of hydrogen-bond acceptors (Lipinski definition) is 5.